The molecule has 1 aliphatic heterocycles. The minimum atomic E-state index is -0.277. The van der Waals surface area contributed by atoms with E-state index in [0.717, 1.165) is 11.8 Å². The lowest BCUT2D eigenvalue weighted by molar-refractivity contribution is 0.280. The van der Waals surface area contributed by atoms with Gasteiger partial charge in [0.2, 0.25) is 0 Å². The van der Waals surface area contributed by atoms with Gasteiger partial charge in [-0.2, -0.15) is 0 Å². The zero-order valence-corrected chi connectivity index (χ0v) is 15.9. The van der Waals surface area contributed by atoms with Gasteiger partial charge in [0, 0.05) is 8.80 Å². The van der Waals surface area contributed by atoms with Crippen LogP contribution in [0.5, 0.6) is 0 Å². The van der Waals surface area contributed by atoms with Gasteiger partial charge in [0.15, 0.2) is 0 Å². The predicted molar refractivity (Wildman–Crippen MR) is 100 cm³/mol. The molecule has 2 heteroatoms. The summed E-state index contributed by atoms with van der Waals surface area (Å²) in [5.74, 6) is 2.59. The van der Waals surface area contributed by atoms with E-state index in [1.165, 1.54) is 50.1 Å². The number of benzene rings is 1. The van der Waals surface area contributed by atoms with Crippen molar-refractivity contribution in [3.05, 3.63) is 35.6 Å². The molecule has 1 heterocycles. The highest BCUT2D eigenvalue weighted by molar-refractivity contribution is 6.58. The highest BCUT2D eigenvalue weighted by Crippen LogP contribution is 2.39. The van der Waals surface area contributed by atoms with Gasteiger partial charge in [0.05, 0.1) is 0 Å². The molecule has 0 unspecified atom stereocenters. The first-order valence-corrected chi connectivity index (χ1v) is 12.4. The van der Waals surface area contributed by atoms with Crippen LogP contribution >= 0.6 is 0 Å². The molecular formula is C21H33FSi. The van der Waals surface area contributed by atoms with Gasteiger partial charge >= 0.3 is 0 Å². The molecule has 0 nitrogen and oxygen atoms in total. The smallest absolute Gasteiger partial charge is 0.123 e. The van der Waals surface area contributed by atoms with Crippen molar-refractivity contribution < 1.29 is 4.39 Å². The maximum Gasteiger partial charge on any atom is 0.123 e. The third kappa shape index (κ3) is 4.92. The van der Waals surface area contributed by atoms with Gasteiger partial charge in [0.25, 0.3) is 0 Å². The molecule has 0 N–H and O–H groups in total. The summed E-state index contributed by atoms with van der Waals surface area (Å²) in [6.07, 6.45) is 11.5. The zero-order valence-electron chi connectivity index (χ0n) is 14.8. The Kier molecular flexibility index (Phi) is 6.33. The molecular weight excluding hydrogens is 299 g/mol. The highest BCUT2D eigenvalue weighted by atomic mass is 28.3. The summed E-state index contributed by atoms with van der Waals surface area (Å²) in [6.45, 7) is 2.41. The molecule has 1 aromatic carbocycles. The Bertz CT molecular complexity index is 453. The fourth-order valence-electron chi connectivity index (χ4n) is 4.92. The van der Waals surface area contributed by atoms with Gasteiger partial charge in [-0.15, -0.1) is 0 Å². The van der Waals surface area contributed by atoms with Crippen molar-refractivity contribution in [2.45, 2.75) is 82.3 Å². The second-order valence-corrected chi connectivity index (χ2v) is 11.8. The SMILES string of the molecule is CC[SiH]1CCC(CCC2CCC(c3ccc(F)cc3)CC2)CC1. The Hall–Kier alpha value is -0.633. The van der Waals surface area contributed by atoms with Gasteiger partial charge in [-0.25, -0.2) is 4.39 Å². The summed E-state index contributed by atoms with van der Waals surface area (Å²) >= 11 is 0. The van der Waals surface area contributed by atoms with Crippen LogP contribution in [0.15, 0.2) is 24.3 Å². The summed E-state index contributed by atoms with van der Waals surface area (Å²) < 4.78 is 13.0. The van der Waals surface area contributed by atoms with Crippen LogP contribution in [0, 0.1) is 17.7 Å². The van der Waals surface area contributed by atoms with E-state index in [2.05, 4.69) is 6.92 Å². The van der Waals surface area contributed by atoms with E-state index >= 15 is 0 Å². The predicted octanol–water partition coefficient (Wildman–Crippen LogP) is 6.54. The third-order valence-electron chi connectivity index (χ3n) is 6.72. The number of hydrogen-bond donors (Lipinski definition) is 0. The quantitative estimate of drug-likeness (QED) is 0.537. The molecule has 2 aliphatic rings. The Morgan fingerprint density at radius 2 is 1.43 bits per heavy atom. The van der Waals surface area contributed by atoms with E-state index in [9.17, 15) is 4.39 Å². The van der Waals surface area contributed by atoms with E-state index < -0.39 is 0 Å². The fourth-order valence-corrected chi connectivity index (χ4v) is 7.91. The molecule has 3 rings (SSSR count). The summed E-state index contributed by atoms with van der Waals surface area (Å²) in [7, 11) is -0.277. The van der Waals surface area contributed by atoms with Crippen LogP contribution in [-0.4, -0.2) is 8.80 Å². The molecule has 2 fully saturated rings. The monoisotopic (exact) mass is 332 g/mol. The summed E-state index contributed by atoms with van der Waals surface area (Å²) in [5, 5.41) is 0. The second kappa shape index (κ2) is 8.46. The van der Waals surface area contributed by atoms with Gasteiger partial charge in [-0.3, -0.25) is 0 Å². The fraction of sp³-hybridized carbons (Fsp3) is 0.714. The molecule has 23 heavy (non-hydrogen) atoms. The first kappa shape index (κ1) is 17.2. The first-order valence-electron chi connectivity index (χ1n) is 10.00. The number of hydrogen-bond acceptors (Lipinski definition) is 0. The van der Waals surface area contributed by atoms with E-state index in [4.69, 9.17) is 0 Å². The molecule has 0 atom stereocenters. The summed E-state index contributed by atoms with van der Waals surface area (Å²) in [6, 6.07) is 12.0. The van der Waals surface area contributed by atoms with E-state index in [1.807, 2.05) is 12.1 Å². The van der Waals surface area contributed by atoms with Crippen LogP contribution in [0.2, 0.25) is 18.1 Å². The lowest BCUT2D eigenvalue weighted by atomic mass is 9.76. The standard InChI is InChI=1S/C21H33FSi/c1-2-23-15-13-18(14-16-23)4-3-17-5-7-19(8-6-17)20-9-11-21(22)12-10-20/h9-12,17-19,23H,2-8,13-16H2,1H3. The van der Waals surface area contributed by atoms with Crippen LogP contribution in [0.25, 0.3) is 0 Å². The van der Waals surface area contributed by atoms with Gasteiger partial charge in [-0.1, -0.05) is 62.9 Å². The summed E-state index contributed by atoms with van der Waals surface area (Å²) in [5.41, 5.74) is 1.35. The van der Waals surface area contributed by atoms with Crippen molar-refractivity contribution in [3.63, 3.8) is 0 Å². The van der Waals surface area contributed by atoms with Crippen molar-refractivity contribution in [2.75, 3.05) is 0 Å². The second-order valence-electron chi connectivity index (χ2n) is 8.14. The molecule has 0 aromatic heterocycles. The van der Waals surface area contributed by atoms with E-state index in [-0.39, 0.29) is 14.6 Å². The topological polar surface area (TPSA) is 0 Å². The molecule has 0 radical (unpaired) electrons. The molecule has 0 amide bonds. The van der Waals surface area contributed by atoms with Crippen molar-refractivity contribution in [1.82, 2.24) is 0 Å². The van der Waals surface area contributed by atoms with Crippen LogP contribution in [0.4, 0.5) is 4.39 Å². The Morgan fingerprint density at radius 1 is 0.870 bits per heavy atom. The zero-order chi connectivity index (χ0) is 16.1. The largest absolute Gasteiger partial charge is 0.207 e. The Morgan fingerprint density at radius 3 is 2.00 bits per heavy atom. The minimum Gasteiger partial charge on any atom is -0.207 e. The van der Waals surface area contributed by atoms with Crippen molar-refractivity contribution in [2.24, 2.45) is 11.8 Å². The maximum atomic E-state index is 13.0. The van der Waals surface area contributed by atoms with Crippen molar-refractivity contribution in [3.8, 4) is 0 Å². The average Bonchev–Trinajstić information content (AvgIpc) is 2.61. The minimum absolute atomic E-state index is 0.108. The Balaban J connectivity index is 1.37. The van der Waals surface area contributed by atoms with Crippen LogP contribution in [-0.2, 0) is 0 Å². The molecule has 1 saturated carbocycles. The normalized spacial score (nSPS) is 31.9. The highest BCUT2D eigenvalue weighted by Gasteiger charge is 2.25. The van der Waals surface area contributed by atoms with E-state index in [1.54, 1.807) is 37.1 Å². The van der Waals surface area contributed by atoms with Crippen molar-refractivity contribution >= 4 is 8.80 Å². The molecule has 1 saturated heterocycles. The van der Waals surface area contributed by atoms with E-state index in [0.29, 0.717) is 5.92 Å². The lowest BCUT2D eigenvalue weighted by Crippen LogP contribution is -2.21. The van der Waals surface area contributed by atoms with Gasteiger partial charge in [0.1, 0.15) is 5.82 Å². The molecule has 1 aromatic rings. The maximum absolute atomic E-state index is 13.0. The average molecular weight is 333 g/mol. The van der Waals surface area contributed by atoms with Gasteiger partial charge in [-0.05, 0) is 61.1 Å². The summed E-state index contributed by atoms with van der Waals surface area (Å²) in [4.78, 5) is 0. The molecule has 0 bridgehead atoms. The Labute approximate surface area is 143 Å². The lowest BCUT2D eigenvalue weighted by Gasteiger charge is -2.31. The van der Waals surface area contributed by atoms with Crippen molar-refractivity contribution in [1.29, 1.82) is 0 Å². The number of rotatable bonds is 5. The van der Waals surface area contributed by atoms with Gasteiger partial charge < -0.3 is 0 Å². The third-order valence-corrected chi connectivity index (χ3v) is 10.2. The van der Waals surface area contributed by atoms with Crippen LogP contribution < -0.4 is 0 Å². The molecule has 1 aliphatic carbocycles. The van der Waals surface area contributed by atoms with Crippen LogP contribution in [0.3, 0.4) is 0 Å². The molecule has 0 spiro atoms. The van der Waals surface area contributed by atoms with Crippen LogP contribution in [0.1, 0.15) is 69.8 Å². The molecule has 128 valence electrons. The first-order chi connectivity index (χ1) is 11.2. The number of halogens is 1.